The van der Waals surface area contributed by atoms with E-state index in [-0.39, 0.29) is 0 Å². The Kier molecular flexibility index (Phi) is 4.76. The monoisotopic (exact) mass is 335 g/mol. The fourth-order valence-electron chi connectivity index (χ4n) is 2.67. The molecule has 0 unspecified atom stereocenters. The first-order valence-electron chi connectivity index (χ1n) is 6.52. The summed E-state index contributed by atoms with van der Waals surface area (Å²) in [5.41, 5.74) is 0.306. The van der Waals surface area contributed by atoms with Gasteiger partial charge in [-0.25, -0.2) is 0 Å². The standard InChI is InChI=1S/C14H17BrF3N/c15-9-10-19(12-3-1-2-4-12)13-7-5-11(6-8-13)14(16,17)18/h5-8,12H,1-4,9-10H2. The van der Waals surface area contributed by atoms with Gasteiger partial charge in [0.05, 0.1) is 5.56 Å². The van der Waals surface area contributed by atoms with Gasteiger partial charge in [-0.3, -0.25) is 0 Å². The van der Waals surface area contributed by atoms with E-state index in [2.05, 4.69) is 20.8 Å². The average Bonchev–Trinajstić information content (AvgIpc) is 2.89. The molecule has 0 amide bonds. The van der Waals surface area contributed by atoms with Gasteiger partial charge in [-0.05, 0) is 37.1 Å². The Labute approximate surface area is 119 Å². The van der Waals surface area contributed by atoms with Gasteiger partial charge in [-0.2, -0.15) is 13.2 Å². The van der Waals surface area contributed by atoms with Crippen molar-refractivity contribution in [2.24, 2.45) is 0 Å². The molecule has 0 spiro atoms. The topological polar surface area (TPSA) is 3.24 Å². The number of hydrogen-bond donors (Lipinski definition) is 0. The molecule has 0 saturated heterocycles. The molecule has 5 heteroatoms. The maximum atomic E-state index is 12.5. The second-order valence-electron chi connectivity index (χ2n) is 4.87. The summed E-state index contributed by atoms with van der Waals surface area (Å²) in [4.78, 5) is 2.22. The van der Waals surface area contributed by atoms with Gasteiger partial charge in [0.2, 0.25) is 0 Å². The van der Waals surface area contributed by atoms with Crippen molar-refractivity contribution in [1.29, 1.82) is 0 Å². The van der Waals surface area contributed by atoms with Crippen molar-refractivity contribution in [3.8, 4) is 0 Å². The maximum absolute atomic E-state index is 12.5. The molecule has 1 aliphatic rings. The highest BCUT2D eigenvalue weighted by Crippen LogP contribution is 2.32. The zero-order chi connectivity index (χ0) is 13.9. The summed E-state index contributed by atoms with van der Waals surface area (Å²) in [6, 6.07) is 5.99. The lowest BCUT2D eigenvalue weighted by Crippen LogP contribution is -2.34. The van der Waals surface area contributed by atoms with E-state index in [0.717, 1.165) is 30.4 Å². The quantitative estimate of drug-likeness (QED) is 0.711. The number of benzene rings is 1. The number of hydrogen-bond acceptors (Lipinski definition) is 1. The lowest BCUT2D eigenvalue weighted by molar-refractivity contribution is -0.137. The smallest absolute Gasteiger partial charge is 0.368 e. The van der Waals surface area contributed by atoms with Crippen LogP contribution >= 0.6 is 15.9 Å². The van der Waals surface area contributed by atoms with Crippen LogP contribution in [0.4, 0.5) is 18.9 Å². The summed E-state index contributed by atoms with van der Waals surface area (Å²) < 4.78 is 37.6. The molecule has 0 heterocycles. The predicted molar refractivity (Wildman–Crippen MR) is 74.8 cm³/mol. The molecular weight excluding hydrogens is 319 g/mol. The molecule has 1 saturated carbocycles. The van der Waals surface area contributed by atoms with Gasteiger partial charge in [0.25, 0.3) is 0 Å². The lowest BCUT2D eigenvalue weighted by atomic mass is 10.1. The Morgan fingerprint density at radius 2 is 1.68 bits per heavy atom. The summed E-state index contributed by atoms with van der Waals surface area (Å²) in [7, 11) is 0. The number of rotatable bonds is 4. The highest BCUT2D eigenvalue weighted by atomic mass is 79.9. The fourth-order valence-corrected chi connectivity index (χ4v) is 3.05. The van der Waals surface area contributed by atoms with Gasteiger partial charge in [0.15, 0.2) is 0 Å². The van der Waals surface area contributed by atoms with Gasteiger partial charge in [0.1, 0.15) is 0 Å². The van der Waals surface area contributed by atoms with Crippen LogP contribution in [0.25, 0.3) is 0 Å². The van der Waals surface area contributed by atoms with Crippen molar-refractivity contribution in [3.63, 3.8) is 0 Å². The van der Waals surface area contributed by atoms with Gasteiger partial charge in [-0.15, -0.1) is 0 Å². The molecule has 1 aromatic rings. The SMILES string of the molecule is FC(F)(F)c1ccc(N(CCBr)C2CCCC2)cc1. The van der Waals surface area contributed by atoms with E-state index in [4.69, 9.17) is 0 Å². The second kappa shape index (κ2) is 6.16. The third kappa shape index (κ3) is 3.65. The van der Waals surface area contributed by atoms with Crippen molar-refractivity contribution in [3.05, 3.63) is 29.8 Å². The van der Waals surface area contributed by atoms with Crippen LogP contribution in [0.1, 0.15) is 31.2 Å². The van der Waals surface area contributed by atoms with Crippen molar-refractivity contribution in [2.75, 3.05) is 16.8 Å². The molecular formula is C14H17BrF3N. The molecule has 1 aliphatic carbocycles. The van der Waals surface area contributed by atoms with E-state index in [1.807, 2.05) is 0 Å². The first kappa shape index (κ1) is 14.7. The maximum Gasteiger partial charge on any atom is 0.416 e. The van der Waals surface area contributed by atoms with E-state index in [1.54, 1.807) is 12.1 Å². The zero-order valence-electron chi connectivity index (χ0n) is 10.6. The molecule has 1 nitrogen and oxygen atoms in total. The minimum atomic E-state index is -4.26. The van der Waals surface area contributed by atoms with E-state index >= 15 is 0 Å². The number of halogens is 4. The summed E-state index contributed by atoms with van der Waals surface area (Å²) >= 11 is 3.42. The van der Waals surface area contributed by atoms with Gasteiger partial charge >= 0.3 is 6.18 Å². The fraction of sp³-hybridized carbons (Fsp3) is 0.571. The predicted octanol–water partition coefficient (Wildman–Crippen LogP) is 4.85. The van der Waals surface area contributed by atoms with Crippen molar-refractivity contribution in [1.82, 2.24) is 0 Å². The molecule has 1 fully saturated rings. The highest BCUT2D eigenvalue weighted by molar-refractivity contribution is 9.09. The molecule has 106 valence electrons. The Morgan fingerprint density at radius 3 is 2.16 bits per heavy atom. The Bertz CT molecular complexity index is 396. The Balaban J connectivity index is 2.17. The van der Waals surface area contributed by atoms with Crippen LogP contribution in [-0.4, -0.2) is 17.9 Å². The molecule has 19 heavy (non-hydrogen) atoms. The molecule has 0 bridgehead atoms. The number of alkyl halides is 4. The van der Waals surface area contributed by atoms with Crippen LogP contribution in [0.2, 0.25) is 0 Å². The van der Waals surface area contributed by atoms with E-state index in [1.165, 1.54) is 25.0 Å². The van der Waals surface area contributed by atoms with E-state index in [9.17, 15) is 13.2 Å². The van der Waals surface area contributed by atoms with Crippen molar-refractivity contribution >= 4 is 21.6 Å². The van der Waals surface area contributed by atoms with Crippen molar-refractivity contribution in [2.45, 2.75) is 37.9 Å². The molecule has 0 radical (unpaired) electrons. The third-order valence-corrected chi connectivity index (χ3v) is 3.97. The number of anilines is 1. The first-order valence-corrected chi connectivity index (χ1v) is 7.64. The Morgan fingerprint density at radius 1 is 1.11 bits per heavy atom. The highest BCUT2D eigenvalue weighted by Gasteiger charge is 2.30. The van der Waals surface area contributed by atoms with Gasteiger partial charge in [0, 0.05) is 23.6 Å². The summed E-state index contributed by atoms with van der Waals surface area (Å²) in [6.07, 6.45) is 0.433. The zero-order valence-corrected chi connectivity index (χ0v) is 12.2. The molecule has 2 rings (SSSR count). The second-order valence-corrected chi connectivity index (χ2v) is 5.66. The summed E-state index contributed by atoms with van der Waals surface area (Å²) in [5.74, 6) is 0. The largest absolute Gasteiger partial charge is 0.416 e. The Hall–Kier alpha value is -0.710. The molecule has 0 aliphatic heterocycles. The summed E-state index contributed by atoms with van der Waals surface area (Å²) in [5, 5.41) is 0.824. The lowest BCUT2D eigenvalue weighted by Gasteiger charge is -2.30. The van der Waals surface area contributed by atoms with Crippen LogP contribution in [0, 0.1) is 0 Å². The molecule has 1 aromatic carbocycles. The van der Waals surface area contributed by atoms with E-state index < -0.39 is 11.7 Å². The molecule has 0 N–H and O–H groups in total. The third-order valence-electron chi connectivity index (χ3n) is 3.62. The van der Waals surface area contributed by atoms with E-state index in [0.29, 0.717) is 6.04 Å². The van der Waals surface area contributed by atoms with Gasteiger partial charge in [-0.1, -0.05) is 28.8 Å². The molecule has 0 atom stereocenters. The van der Waals surface area contributed by atoms with Crippen molar-refractivity contribution < 1.29 is 13.2 Å². The first-order chi connectivity index (χ1) is 9.02. The minimum absolute atomic E-state index is 0.467. The van der Waals surface area contributed by atoms with Gasteiger partial charge < -0.3 is 4.90 Å². The van der Waals surface area contributed by atoms with Crippen LogP contribution < -0.4 is 4.90 Å². The number of nitrogens with zero attached hydrogens (tertiary/aromatic N) is 1. The van der Waals surface area contributed by atoms with Crippen LogP contribution in [0.15, 0.2) is 24.3 Å². The van der Waals surface area contributed by atoms with Crippen LogP contribution in [0.3, 0.4) is 0 Å². The van der Waals surface area contributed by atoms with Crippen LogP contribution in [-0.2, 0) is 6.18 Å². The normalized spacial score (nSPS) is 16.8. The minimum Gasteiger partial charge on any atom is -0.368 e. The molecule has 0 aromatic heterocycles. The van der Waals surface area contributed by atoms with Crippen LogP contribution in [0.5, 0.6) is 0 Å². The summed E-state index contributed by atoms with van der Waals surface area (Å²) in [6.45, 7) is 0.829. The average molecular weight is 336 g/mol.